The maximum atomic E-state index is 13.8. The Labute approximate surface area is 156 Å². The van der Waals surface area contributed by atoms with E-state index in [-0.39, 0.29) is 12.3 Å². The highest BCUT2D eigenvalue weighted by atomic mass is 32.2. The molecular weight excluding hydrogens is 377 g/mol. The number of carboxylic acids is 1. The molecule has 0 saturated carbocycles. The normalized spacial score (nSPS) is 12.1. The summed E-state index contributed by atoms with van der Waals surface area (Å²) in [5.41, 5.74) is 1.69. The summed E-state index contributed by atoms with van der Waals surface area (Å²) in [4.78, 5) is 16.5. The van der Waals surface area contributed by atoms with Crippen molar-refractivity contribution in [3.05, 3.63) is 59.5 Å². The predicted molar refractivity (Wildman–Crippen MR) is 93.7 cm³/mol. The van der Waals surface area contributed by atoms with Gasteiger partial charge in [-0.25, -0.2) is 13.9 Å². The van der Waals surface area contributed by atoms with Crippen molar-refractivity contribution in [1.82, 2.24) is 9.78 Å². The van der Waals surface area contributed by atoms with Gasteiger partial charge in [0.1, 0.15) is 30.4 Å². The fourth-order valence-electron chi connectivity index (χ4n) is 2.89. The van der Waals surface area contributed by atoms with Gasteiger partial charge in [-0.2, -0.15) is 5.10 Å². The Bertz CT molecular complexity index is 1020. The van der Waals surface area contributed by atoms with Gasteiger partial charge >= 0.3 is 5.97 Å². The minimum Gasteiger partial charge on any atom is -0.488 e. The van der Waals surface area contributed by atoms with Crippen LogP contribution in [0.15, 0.2) is 42.5 Å². The van der Waals surface area contributed by atoms with E-state index >= 15 is 0 Å². The lowest BCUT2D eigenvalue weighted by atomic mass is 10.0. The number of aromatic nitrogens is 2. The molecule has 0 atom stereocenters. The first-order chi connectivity index (χ1) is 13.1. The number of benzene rings is 2. The number of ether oxygens (including phenoxy) is 1. The number of rotatable bonds is 5. The third-order valence-corrected chi connectivity index (χ3v) is 4.15. The summed E-state index contributed by atoms with van der Waals surface area (Å²) in [6.45, 7) is 0.0261. The van der Waals surface area contributed by atoms with Crippen molar-refractivity contribution in [2.45, 2.75) is 6.61 Å². The van der Waals surface area contributed by atoms with Crippen LogP contribution < -0.4 is 14.8 Å². The van der Waals surface area contributed by atoms with Crippen LogP contribution in [0, 0.1) is 5.82 Å². The third-order valence-electron chi connectivity index (χ3n) is 4.01. The van der Waals surface area contributed by atoms with Crippen molar-refractivity contribution in [3.63, 3.8) is 0 Å². The summed E-state index contributed by atoms with van der Waals surface area (Å²) in [7, 11) is 0. The highest BCUT2D eigenvalue weighted by Crippen LogP contribution is 2.40. The van der Waals surface area contributed by atoms with Gasteiger partial charge in [-0.1, -0.05) is 4.33 Å². The average Bonchev–Trinajstić information content (AvgIpc) is 3.07. The largest absolute Gasteiger partial charge is 0.488 e. The molecule has 1 aromatic heterocycles. The molecule has 2 aromatic carbocycles. The summed E-state index contributed by atoms with van der Waals surface area (Å²) in [6, 6.07) is 10.6. The van der Waals surface area contributed by atoms with Crippen LogP contribution in [0.3, 0.4) is 0 Å². The highest BCUT2D eigenvalue weighted by Gasteiger charge is 2.30. The second-order valence-electron chi connectivity index (χ2n) is 5.56. The van der Waals surface area contributed by atoms with Crippen LogP contribution in [0.5, 0.6) is 11.5 Å². The van der Waals surface area contributed by atoms with Gasteiger partial charge in [-0.05, 0) is 42.5 Å². The molecule has 10 heteroatoms. The van der Waals surface area contributed by atoms with Gasteiger partial charge in [0.15, 0.2) is 11.4 Å². The van der Waals surface area contributed by atoms with Crippen molar-refractivity contribution in [3.8, 4) is 28.4 Å². The lowest BCUT2D eigenvalue weighted by Gasteiger charge is -2.19. The Morgan fingerprint density at radius 1 is 1.30 bits per heavy atom. The van der Waals surface area contributed by atoms with E-state index in [2.05, 4.69) is 9.43 Å². The van der Waals surface area contributed by atoms with Crippen LogP contribution in [0.25, 0.3) is 16.9 Å². The number of aromatic carboxylic acids is 1. The second kappa shape index (κ2) is 6.91. The molecule has 0 amide bonds. The number of carbonyl (C=O) groups is 1. The van der Waals surface area contributed by atoms with E-state index in [1.54, 1.807) is 24.3 Å². The topological polar surface area (TPSA) is 109 Å². The minimum atomic E-state index is -1.19. The second-order valence-corrected chi connectivity index (χ2v) is 5.89. The van der Waals surface area contributed by atoms with E-state index in [1.807, 2.05) is 0 Å². The minimum absolute atomic E-state index is 0.0261. The van der Waals surface area contributed by atoms with Crippen LogP contribution in [0.2, 0.25) is 0 Å². The molecule has 0 spiro atoms. The van der Waals surface area contributed by atoms with Gasteiger partial charge in [0.25, 0.3) is 0 Å². The molecule has 1 aliphatic rings. The third kappa shape index (κ3) is 3.10. The summed E-state index contributed by atoms with van der Waals surface area (Å²) < 4.78 is 25.4. The van der Waals surface area contributed by atoms with Crippen molar-refractivity contribution in [2.24, 2.45) is 5.14 Å². The number of fused-ring (bicyclic) bond motifs is 3. The number of hydrogen-bond donors (Lipinski definition) is 2. The van der Waals surface area contributed by atoms with Gasteiger partial charge in [0, 0.05) is 5.56 Å². The summed E-state index contributed by atoms with van der Waals surface area (Å²) >= 11 is 0.561. The SMILES string of the molecule is NSOOc1ccc(-n2nc(C(=O)O)c3c2-c2cc(F)ccc2OC3)cc1. The number of carboxylic acid groups (broad SMARTS) is 1. The molecule has 1 aliphatic heterocycles. The standard InChI is InChI=1S/C17H12FN3O5S/c18-9-1-6-14-12(7-9)16-13(8-24-14)15(17(22)23)20-21(16)10-2-4-11(5-3-10)25-26-27-19/h1-7H,8,19H2,(H,22,23). The van der Waals surface area contributed by atoms with E-state index in [4.69, 9.17) is 14.8 Å². The first-order valence-electron chi connectivity index (χ1n) is 7.67. The molecule has 27 heavy (non-hydrogen) atoms. The van der Waals surface area contributed by atoms with Crippen molar-refractivity contribution in [2.75, 3.05) is 0 Å². The molecule has 0 saturated heterocycles. The molecule has 2 heterocycles. The van der Waals surface area contributed by atoms with Crippen LogP contribution in [0.4, 0.5) is 4.39 Å². The average molecular weight is 389 g/mol. The van der Waals surface area contributed by atoms with Crippen LogP contribution in [0.1, 0.15) is 16.1 Å². The van der Waals surface area contributed by atoms with Gasteiger partial charge < -0.3 is 14.7 Å². The first-order valence-corrected chi connectivity index (χ1v) is 8.47. The van der Waals surface area contributed by atoms with Crippen LogP contribution in [-0.2, 0) is 10.9 Å². The monoisotopic (exact) mass is 389 g/mol. The molecular formula is C17H12FN3O5S. The maximum absolute atomic E-state index is 13.8. The Hall–Kier alpha value is -3.08. The fraction of sp³-hybridized carbons (Fsp3) is 0.0588. The number of nitrogens with two attached hydrogens (primary N) is 1. The van der Waals surface area contributed by atoms with Crippen LogP contribution in [-0.4, -0.2) is 20.9 Å². The lowest BCUT2D eigenvalue weighted by molar-refractivity contribution is -0.0777. The molecule has 0 fully saturated rings. The zero-order valence-electron chi connectivity index (χ0n) is 13.6. The van der Waals surface area contributed by atoms with E-state index in [1.165, 1.54) is 22.9 Å². The molecule has 0 bridgehead atoms. The molecule has 8 nitrogen and oxygen atoms in total. The Morgan fingerprint density at radius 3 is 2.78 bits per heavy atom. The molecule has 3 N–H and O–H groups in total. The van der Waals surface area contributed by atoms with Crippen molar-refractivity contribution < 1.29 is 28.2 Å². The van der Waals surface area contributed by atoms with Crippen molar-refractivity contribution >= 4 is 18.2 Å². The number of hydrogen-bond acceptors (Lipinski definition) is 7. The molecule has 138 valence electrons. The maximum Gasteiger partial charge on any atom is 0.356 e. The van der Waals surface area contributed by atoms with Gasteiger partial charge in [-0.15, -0.1) is 0 Å². The van der Waals surface area contributed by atoms with E-state index in [0.29, 0.717) is 46.2 Å². The first kappa shape index (κ1) is 17.3. The molecule has 0 aliphatic carbocycles. The van der Waals surface area contributed by atoms with Crippen molar-refractivity contribution in [1.29, 1.82) is 0 Å². The Morgan fingerprint density at radius 2 is 2.07 bits per heavy atom. The fourth-order valence-corrected chi connectivity index (χ4v) is 3.01. The van der Waals surface area contributed by atoms with E-state index in [9.17, 15) is 14.3 Å². The highest BCUT2D eigenvalue weighted by molar-refractivity contribution is 7.92. The number of nitrogens with zero attached hydrogens (tertiary/aromatic N) is 2. The zero-order valence-corrected chi connectivity index (χ0v) is 14.4. The van der Waals surface area contributed by atoms with Gasteiger partial charge in [0.2, 0.25) is 0 Å². The number of halogens is 1. The van der Waals surface area contributed by atoms with Crippen LogP contribution >= 0.6 is 12.2 Å². The molecule has 0 radical (unpaired) electrons. The zero-order chi connectivity index (χ0) is 19.0. The van der Waals surface area contributed by atoms with Gasteiger partial charge in [-0.3, -0.25) is 5.14 Å². The summed E-state index contributed by atoms with van der Waals surface area (Å²) in [5, 5.41) is 18.8. The quantitative estimate of drug-likeness (QED) is 0.297. The van der Waals surface area contributed by atoms with E-state index in [0.717, 1.165) is 0 Å². The van der Waals surface area contributed by atoms with Gasteiger partial charge in [0.05, 0.1) is 16.9 Å². The summed E-state index contributed by atoms with van der Waals surface area (Å²) in [6.07, 6.45) is 0. The lowest BCUT2D eigenvalue weighted by Crippen LogP contribution is -2.09. The molecule has 4 rings (SSSR count). The molecule has 0 unspecified atom stereocenters. The Kier molecular flexibility index (Phi) is 4.44. The predicted octanol–water partition coefficient (Wildman–Crippen LogP) is 3.10. The molecule has 3 aromatic rings. The van der Waals surface area contributed by atoms with E-state index < -0.39 is 11.8 Å². The summed E-state index contributed by atoms with van der Waals surface area (Å²) in [5.74, 6) is -0.807. The Balaban J connectivity index is 1.86. The smallest absolute Gasteiger partial charge is 0.356 e.